The number of nitrogens with zero attached hydrogens (tertiary/aromatic N) is 3. The van der Waals surface area contributed by atoms with Crippen molar-refractivity contribution in [3.63, 3.8) is 0 Å². The largest absolute Gasteiger partial charge is 0.496 e. The first-order valence-corrected chi connectivity index (χ1v) is 8.40. The fourth-order valence-electron chi connectivity index (χ4n) is 2.08. The molecule has 25 heavy (non-hydrogen) atoms. The number of para-hydroxylation sites is 1. The first-order chi connectivity index (χ1) is 12.1. The van der Waals surface area contributed by atoms with Crippen LogP contribution in [0, 0.1) is 0 Å². The normalized spacial score (nSPS) is 10.3. The van der Waals surface area contributed by atoms with E-state index < -0.39 is 5.91 Å². The molecular weight excluding hydrogens is 342 g/mol. The van der Waals surface area contributed by atoms with Crippen LogP contribution in [0.4, 0.5) is 0 Å². The maximum atomic E-state index is 11.7. The summed E-state index contributed by atoms with van der Waals surface area (Å²) in [5.74, 6) is 0.491. The Labute approximate surface area is 149 Å². The molecule has 0 aliphatic rings. The van der Waals surface area contributed by atoms with E-state index in [1.54, 1.807) is 13.2 Å². The highest BCUT2D eigenvalue weighted by atomic mass is 32.2. The third-order valence-electron chi connectivity index (χ3n) is 3.17. The standard InChI is InChI=1S/C16H19N5O3S/c1-3-8-21-15(11-6-4-5-7-12(11)24-2)19-20-16(21)25-10-14(23)18-9-13(17)22/h3-7H,1,8-10H2,2H3,(H2,17,22)(H,18,23). The van der Waals surface area contributed by atoms with Gasteiger partial charge in [0.2, 0.25) is 11.8 Å². The minimum Gasteiger partial charge on any atom is -0.496 e. The van der Waals surface area contributed by atoms with Gasteiger partial charge in [0.1, 0.15) is 5.75 Å². The van der Waals surface area contributed by atoms with Gasteiger partial charge in [-0.1, -0.05) is 30.0 Å². The van der Waals surface area contributed by atoms with Gasteiger partial charge in [-0.15, -0.1) is 16.8 Å². The quantitative estimate of drug-likeness (QED) is 0.505. The zero-order valence-electron chi connectivity index (χ0n) is 13.8. The zero-order valence-corrected chi connectivity index (χ0v) is 14.6. The molecule has 3 N–H and O–H groups in total. The molecule has 9 heteroatoms. The van der Waals surface area contributed by atoms with Crippen LogP contribution in [0.2, 0.25) is 0 Å². The lowest BCUT2D eigenvalue weighted by Crippen LogP contribution is -2.34. The van der Waals surface area contributed by atoms with Crippen LogP contribution in [0.5, 0.6) is 5.75 Å². The number of aromatic nitrogens is 3. The second kappa shape index (κ2) is 8.88. The number of benzene rings is 1. The molecule has 0 radical (unpaired) electrons. The minimum atomic E-state index is -0.591. The van der Waals surface area contributed by atoms with Gasteiger partial charge in [0.15, 0.2) is 11.0 Å². The SMILES string of the molecule is C=CCn1c(SCC(=O)NCC(N)=O)nnc1-c1ccccc1OC. The summed E-state index contributed by atoms with van der Waals surface area (Å²) in [6.07, 6.45) is 1.72. The number of amides is 2. The van der Waals surface area contributed by atoms with Crippen LogP contribution >= 0.6 is 11.8 Å². The molecule has 2 amide bonds. The average molecular weight is 361 g/mol. The molecular formula is C16H19N5O3S. The third-order valence-corrected chi connectivity index (χ3v) is 4.14. The van der Waals surface area contributed by atoms with Crippen molar-refractivity contribution in [1.82, 2.24) is 20.1 Å². The van der Waals surface area contributed by atoms with Crippen molar-refractivity contribution in [2.45, 2.75) is 11.7 Å². The zero-order chi connectivity index (χ0) is 18.2. The number of ether oxygens (including phenoxy) is 1. The molecule has 2 aromatic rings. The van der Waals surface area contributed by atoms with E-state index in [-0.39, 0.29) is 18.2 Å². The minimum absolute atomic E-state index is 0.0917. The maximum absolute atomic E-state index is 11.7. The molecule has 1 aromatic heterocycles. The fraction of sp³-hybridized carbons (Fsp3) is 0.250. The number of methoxy groups -OCH3 is 1. The van der Waals surface area contributed by atoms with Gasteiger partial charge in [-0.05, 0) is 12.1 Å². The first-order valence-electron chi connectivity index (χ1n) is 7.42. The van der Waals surface area contributed by atoms with E-state index in [1.807, 2.05) is 28.8 Å². The van der Waals surface area contributed by atoms with Crippen LogP contribution in [-0.4, -0.2) is 46.0 Å². The molecule has 8 nitrogen and oxygen atoms in total. The van der Waals surface area contributed by atoms with E-state index in [4.69, 9.17) is 10.5 Å². The van der Waals surface area contributed by atoms with Crippen molar-refractivity contribution in [2.75, 3.05) is 19.4 Å². The third kappa shape index (κ3) is 4.83. The number of carbonyl (C=O) groups excluding carboxylic acids is 2. The molecule has 0 spiro atoms. The molecule has 0 aliphatic carbocycles. The van der Waals surface area contributed by atoms with E-state index in [0.29, 0.717) is 23.3 Å². The van der Waals surface area contributed by atoms with E-state index in [0.717, 1.165) is 5.56 Å². The van der Waals surface area contributed by atoms with Crippen molar-refractivity contribution in [3.05, 3.63) is 36.9 Å². The molecule has 0 bridgehead atoms. The summed E-state index contributed by atoms with van der Waals surface area (Å²) in [5, 5.41) is 11.4. The van der Waals surface area contributed by atoms with E-state index in [2.05, 4.69) is 22.1 Å². The Kier molecular flexibility index (Phi) is 6.58. The maximum Gasteiger partial charge on any atom is 0.236 e. The monoisotopic (exact) mass is 361 g/mol. The number of nitrogens with two attached hydrogens (primary N) is 1. The van der Waals surface area contributed by atoms with Crippen molar-refractivity contribution in [1.29, 1.82) is 0 Å². The highest BCUT2D eigenvalue weighted by Crippen LogP contribution is 2.30. The van der Waals surface area contributed by atoms with Crippen LogP contribution in [0.25, 0.3) is 11.4 Å². The fourth-order valence-corrected chi connectivity index (χ4v) is 2.86. The van der Waals surface area contributed by atoms with Crippen LogP contribution in [0.15, 0.2) is 42.1 Å². The Morgan fingerprint density at radius 3 is 2.84 bits per heavy atom. The highest BCUT2D eigenvalue weighted by Gasteiger charge is 2.17. The molecule has 2 rings (SSSR count). The Bertz CT molecular complexity index is 775. The van der Waals surface area contributed by atoms with Gasteiger partial charge in [-0.3, -0.25) is 14.2 Å². The number of rotatable bonds is 9. The number of hydrogen-bond donors (Lipinski definition) is 2. The Morgan fingerprint density at radius 1 is 1.40 bits per heavy atom. The van der Waals surface area contributed by atoms with Crippen molar-refractivity contribution >= 4 is 23.6 Å². The predicted octanol–water partition coefficient (Wildman–Crippen LogP) is 0.833. The lowest BCUT2D eigenvalue weighted by molar-refractivity contribution is -0.123. The molecule has 1 heterocycles. The smallest absolute Gasteiger partial charge is 0.236 e. The van der Waals surface area contributed by atoms with Crippen molar-refractivity contribution in [2.24, 2.45) is 5.73 Å². The number of hydrogen-bond acceptors (Lipinski definition) is 6. The summed E-state index contributed by atoms with van der Waals surface area (Å²) in [7, 11) is 1.59. The van der Waals surface area contributed by atoms with Crippen LogP contribution in [0.1, 0.15) is 0 Å². The van der Waals surface area contributed by atoms with Gasteiger partial charge in [-0.2, -0.15) is 0 Å². The highest BCUT2D eigenvalue weighted by molar-refractivity contribution is 7.99. The summed E-state index contributed by atoms with van der Waals surface area (Å²) in [5.41, 5.74) is 5.79. The number of nitrogens with one attached hydrogen (secondary N) is 1. The van der Waals surface area contributed by atoms with E-state index in [9.17, 15) is 9.59 Å². The summed E-state index contributed by atoms with van der Waals surface area (Å²) in [6, 6.07) is 7.48. The van der Waals surface area contributed by atoms with Crippen LogP contribution in [0.3, 0.4) is 0 Å². The van der Waals surface area contributed by atoms with Gasteiger partial charge in [0.25, 0.3) is 0 Å². The molecule has 132 valence electrons. The molecule has 0 unspecified atom stereocenters. The van der Waals surface area contributed by atoms with Crippen LogP contribution < -0.4 is 15.8 Å². The lowest BCUT2D eigenvalue weighted by Gasteiger charge is -2.10. The van der Waals surface area contributed by atoms with Gasteiger partial charge < -0.3 is 15.8 Å². The van der Waals surface area contributed by atoms with E-state index >= 15 is 0 Å². The first kappa shape index (κ1) is 18.5. The molecule has 0 atom stereocenters. The average Bonchev–Trinajstić information content (AvgIpc) is 3.01. The van der Waals surface area contributed by atoms with Gasteiger partial charge >= 0.3 is 0 Å². The van der Waals surface area contributed by atoms with Crippen molar-refractivity contribution < 1.29 is 14.3 Å². The van der Waals surface area contributed by atoms with Gasteiger partial charge in [0, 0.05) is 6.54 Å². The van der Waals surface area contributed by atoms with Crippen molar-refractivity contribution in [3.8, 4) is 17.1 Å². The summed E-state index contributed by atoms with van der Waals surface area (Å²) < 4.78 is 7.22. The summed E-state index contributed by atoms with van der Waals surface area (Å²) in [4.78, 5) is 22.4. The Hall–Kier alpha value is -2.81. The Balaban J connectivity index is 2.20. The number of allylic oxidation sites excluding steroid dienone is 1. The number of primary amides is 1. The molecule has 0 aliphatic heterocycles. The lowest BCUT2D eigenvalue weighted by atomic mass is 10.2. The van der Waals surface area contributed by atoms with Gasteiger partial charge in [0.05, 0.1) is 25.0 Å². The predicted molar refractivity (Wildman–Crippen MR) is 95.1 cm³/mol. The summed E-state index contributed by atoms with van der Waals surface area (Å²) in [6.45, 7) is 4.04. The second-order valence-electron chi connectivity index (χ2n) is 4.94. The number of thioether (sulfide) groups is 1. The molecule has 0 saturated heterocycles. The topological polar surface area (TPSA) is 112 Å². The molecule has 0 saturated carbocycles. The summed E-state index contributed by atoms with van der Waals surface area (Å²) >= 11 is 1.21. The Morgan fingerprint density at radius 2 is 2.16 bits per heavy atom. The number of carbonyl (C=O) groups is 2. The molecule has 1 aromatic carbocycles. The second-order valence-corrected chi connectivity index (χ2v) is 5.88. The van der Waals surface area contributed by atoms with Crippen LogP contribution in [-0.2, 0) is 16.1 Å². The van der Waals surface area contributed by atoms with Gasteiger partial charge in [-0.25, -0.2) is 0 Å². The van der Waals surface area contributed by atoms with E-state index in [1.165, 1.54) is 11.8 Å². The molecule has 0 fully saturated rings.